The van der Waals surface area contributed by atoms with E-state index in [2.05, 4.69) is 20.0 Å². The molecule has 1 aromatic carbocycles. The van der Waals surface area contributed by atoms with E-state index in [1.807, 2.05) is 37.3 Å². The molecule has 1 N–H and O–H groups in total. The van der Waals surface area contributed by atoms with Gasteiger partial charge in [0, 0.05) is 11.1 Å². The maximum atomic E-state index is 11.4. The van der Waals surface area contributed by atoms with E-state index in [-0.39, 0.29) is 5.97 Å². The molecule has 6 heteroatoms. The molecular formula is C15H13N3O2S. The van der Waals surface area contributed by atoms with Gasteiger partial charge < -0.3 is 10.1 Å². The lowest BCUT2D eigenvalue weighted by molar-refractivity contribution is 0.0606. The molecule has 3 rings (SSSR count). The van der Waals surface area contributed by atoms with Gasteiger partial charge in [0.25, 0.3) is 0 Å². The minimum absolute atomic E-state index is 0.382. The molecule has 0 aliphatic heterocycles. The predicted octanol–water partition coefficient (Wildman–Crippen LogP) is 3.53. The van der Waals surface area contributed by atoms with Gasteiger partial charge in [-0.1, -0.05) is 29.5 Å². The van der Waals surface area contributed by atoms with Crippen LogP contribution in [0.15, 0.2) is 36.5 Å². The topological polar surface area (TPSA) is 64.1 Å². The van der Waals surface area contributed by atoms with Crippen LogP contribution in [-0.2, 0) is 4.74 Å². The van der Waals surface area contributed by atoms with Gasteiger partial charge in [-0.2, -0.15) is 0 Å². The number of benzene rings is 1. The molecule has 5 nitrogen and oxygen atoms in total. The molecule has 2 heterocycles. The molecule has 21 heavy (non-hydrogen) atoms. The van der Waals surface area contributed by atoms with Crippen molar-refractivity contribution in [2.24, 2.45) is 0 Å². The van der Waals surface area contributed by atoms with Gasteiger partial charge in [-0.05, 0) is 19.1 Å². The largest absolute Gasteiger partial charge is 0.465 e. The molecule has 0 saturated heterocycles. The Hall–Kier alpha value is -2.47. The van der Waals surface area contributed by atoms with Crippen LogP contribution >= 0.6 is 11.3 Å². The van der Waals surface area contributed by atoms with Gasteiger partial charge in [0.15, 0.2) is 5.13 Å². The van der Waals surface area contributed by atoms with Crippen molar-refractivity contribution in [2.45, 2.75) is 6.92 Å². The second-order valence-corrected chi connectivity index (χ2v) is 5.51. The summed E-state index contributed by atoms with van der Waals surface area (Å²) in [5.41, 5.74) is 2.69. The lowest BCUT2D eigenvalue weighted by atomic mass is 10.2. The maximum Gasteiger partial charge on any atom is 0.349 e. The Bertz CT molecular complexity index is 814. The molecule has 0 spiro atoms. The minimum atomic E-state index is -0.382. The zero-order valence-electron chi connectivity index (χ0n) is 11.6. The zero-order valence-corrected chi connectivity index (χ0v) is 12.4. The fourth-order valence-electron chi connectivity index (χ4n) is 1.99. The highest BCUT2D eigenvalue weighted by Crippen LogP contribution is 2.27. The normalized spacial score (nSPS) is 10.6. The third-order valence-electron chi connectivity index (χ3n) is 2.99. The number of anilines is 2. The third-order valence-corrected chi connectivity index (χ3v) is 3.89. The van der Waals surface area contributed by atoms with Crippen molar-refractivity contribution in [1.29, 1.82) is 0 Å². The quantitative estimate of drug-likeness (QED) is 0.749. The fraction of sp³-hybridized carbons (Fsp3) is 0.133. The third kappa shape index (κ3) is 2.71. The van der Waals surface area contributed by atoms with Crippen LogP contribution < -0.4 is 5.32 Å². The molecule has 0 amide bonds. The summed E-state index contributed by atoms with van der Waals surface area (Å²) in [5, 5.41) is 4.89. The second kappa shape index (κ2) is 5.49. The molecule has 0 bridgehead atoms. The summed E-state index contributed by atoms with van der Waals surface area (Å²) in [7, 11) is 1.35. The van der Waals surface area contributed by atoms with E-state index >= 15 is 0 Å². The number of nitrogens with one attached hydrogen (secondary N) is 1. The molecule has 2 aromatic heterocycles. The van der Waals surface area contributed by atoms with Crippen molar-refractivity contribution in [2.75, 3.05) is 12.4 Å². The summed E-state index contributed by atoms with van der Waals surface area (Å²) in [6, 6.07) is 9.91. The molecule has 0 unspecified atom stereocenters. The molecule has 0 aliphatic rings. The number of hydrogen-bond acceptors (Lipinski definition) is 6. The number of thiazole rings is 1. The van der Waals surface area contributed by atoms with Gasteiger partial charge in [0.2, 0.25) is 0 Å². The highest BCUT2D eigenvalue weighted by Gasteiger charge is 2.11. The number of aryl methyl sites for hydroxylation is 1. The number of para-hydroxylation sites is 1. The van der Waals surface area contributed by atoms with Gasteiger partial charge in [0.05, 0.1) is 24.5 Å². The lowest BCUT2D eigenvalue weighted by Crippen LogP contribution is -1.96. The van der Waals surface area contributed by atoms with Crippen LogP contribution in [0.1, 0.15) is 15.4 Å². The Morgan fingerprint density at radius 3 is 2.95 bits per heavy atom. The number of pyridine rings is 1. The molecule has 0 atom stereocenters. The Balaban J connectivity index is 1.96. The first-order valence-corrected chi connectivity index (χ1v) is 7.16. The SMILES string of the molecule is COC(=O)c1cnc(Nc2cccc3ccc(C)nc23)s1. The van der Waals surface area contributed by atoms with Gasteiger partial charge in [-0.3, -0.25) is 4.98 Å². The fourth-order valence-corrected chi connectivity index (χ4v) is 2.73. The predicted molar refractivity (Wildman–Crippen MR) is 83.2 cm³/mol. The van der Waals surface area contributed by atoms with Gasteiger partial charge >= 0.3 is 5.97 Å². The highest BCUT2D eigenvalue weighted by atomic mass is 32.1. The monoisotopic (exact) mass is 299 g/mol. The molecule has 0 fully saturated rings. The van der Waals surface area contributed by atoms with E-state index in [1.165, 1.54) is 24.6 Å². The number of aromatic nitrogens is 2. The summed E-state index contributed by atoms with van der Waals surface area (Å²) in [5.74, 6) is -0.382. The van der Waals surface area contributed by atoms with E-state index in [9.17, 15) is 4.79 Å². The molecular weight excluding hydrogens is 286 g/mol. The van der Waals surface area contributed by atoms with E-state index in [4.69, 9.17) is 0 Å². The average Bonchev–Trinajstić information content (AvgIpc) is 2.95. The summed E-state index contributed by atoms with van der Waals surface area (Å²) in [6.45, 7) is 1.95. The number of ether oxygens (including phenoxy) is 1. The van der Waals surface area contributed by atoms with Crippen LogP contribution in [0.2, 0.25) is 0 Å². The van der Waals surface area contributed by atoms with Crippen molar-refractivity contribution in [3.8, 4) is 0 Å². The van der Waals surface area contributed by atoms with Crippen molar-refractivity contribution >= 4 is 39.0 Å². The van der Waals surface area contributed by atoms with E-state index < -0.39 is 0 Å². The standard InChI is InChI=1S/C15H13N3O2S/c1-9-6-7-10-4-3-5-11(13(10)17-9)18-15-16-8-12(21-15)14(19)20-2/h3-8H,1-2H3,(H,16,18). The van der Waals surface area contributed by atoms with Crippen LogP contribution in [-0.4, -0.2) is 23.0 Å². The van der Waals surface area contributed by atoms with E-state index in [1.54, 1.807) is 0 Å². The number of carbonyl (C=O) groups is 1. The molecule has 3 aromatic rings. The Morgan fingerprint density at radius 2 is 2.14 bits per heavy atom. The molecule has 0 aliphatic carbocycles. The first-order chi connectivity index (χ1) is 10.2. The van der Waals surface area contributed by atoms with Crippen LogP contribution in [0, 0.1) is 6.92 Å². The summed E-state index contributed by atoms with van der Waals surface area (Å²) in [4.78, 5) is 20.6. The van der Waals surface area contributed by atoms with E-state index in [0.717, 1.165) is 22.3 Å². The van der Waals surface area contributed by atoms with Crippen molar-refractivity contribution < 1.29 is 9.53 Å². The number of hydrogen-bond donors (Lipinski definition) is 1. The number of carbonyl (C=O) groups excluding carboxylic acids is 1. The Kier molecular flexibility index (Phi) is 3.53. The summed E-state index contributed by atoms with van der Waals surface area (Å²) in [6.07, 6.45) is 1.50. The van der Waals surface area contributed by atoms with Gasteiger partial charge in [-0.25, -0.2) is 9.78 Å². The van der Waals surface area contributed by atoms with Gasteiger partial charge in [-0.15, -0.1) is 0 Å². The first-order valence-electron chi connectivity index (χ1n) is 6.35. The molecule has 0 radical (unpaired) electrons. The first kappa shape index (κ1) is 13.5. The summed E-state index contributed by atoms with van der Waals surface area (Å²) < 4.78 is 4.68. The smallest absolute Gasteiger partial charge is 0.349 e. The maximum absolute atomic E-state index is 11.4. The van der Waals surface area contributed by atoms with Crippen molar-refractivity contribution in [3.63, 3.8) is 0 Å². The van der Waals surface area contributed by atoms with Crippen LogP contribution in [0.4, 0.5) is 10.8 Å². The zero-order chi connectivity index (χ0) is 14.8. The number of esters is 1. The number of methoxy groups -OCH3 is 1. The van der Waals surface area contributed by atoms with E-state index in [0.29, 0.717) is 10.0 Å². The Labute approximate surface area is 125 Å². The van der Waals surface area contributed by atoms with Crippen LogP contribution in [0.25, 0.3) is 10.9 Å². The average molecular weight is 299 g/mol. The minimum Gasteiger partial charge on any atom is -0.465 e. The molecule has 106 valence electrons. The van der Waals surface area contributed by atoms with Crippen molar-refractivity contribution in [1.82, 2.24) is 9.97 Å². The van der Waals surface area contributed by atoms with Crippen LogP contribution in [0.3, 0.4) is 0 Å². The summed E-state index contributed by atoms with van der Waals surface area (Å²) >= 11 is 1.25. The molecule has 0 saturated carbocycles. The van der Waals surface area contributed by atoms with Crippen LogP contribution in [0.5, 0.6) is 0 Å². The van der Waals surface area contributed by atoms with Crippen molar-refractivity contribution in [3.05, 3.63) is 47.1 Å². The Morgan fingerprint density at radius 1 is 1.29 bits per heavy atom. The number of nitrogens with zero attached hydrogens (tertiary/aromatic N) is 2. The lowest BCUT2D eigenvalue weighted by Gasteiger charge is -2.07. The number of rotatable bonds is 3. The van der Waals surface area contributed by atoms with Gasteiger partial charge in [0.1, 0.15) is 4.88 Å². The number of fused-ring (bicyclic) bond motifs is 1. The second-order valence-electron chi connectivity index (χ2n) is 4.48. The highest BCUT2D eigenvalue weighted by molar-refractivity contribution is 7.17.